The van der Waals surface area contributed by atoms with Crippen molar-refractivity contribution in [3.8, 4) is 0 Å². The first-order chi connectivity index (χ1) is 10.0. The van der Waals surface area contributed by atoms with Crippen LogP contribution in [-0.4, -0.2) is 40.4 Å². The summed E-state index contributed by atoms with van der Waals surface area (Å²) in [5.74, 6) is 0. The lowest BCUT2D eigenvalue weighted by Crippen LogP contribution is -2.29. The Balaban J connectivity index is 2.36. The summed E-state index contributed by atoms with van der Waals surface area (Å²) in [4.78, 5) is 2.48. The number of nitrogens with one attached hydrogen (secondary N) is 1. The Morgan fingerprint density at radius 1 is 1.29 bits per heavy atom. The standard InChI is InChI=1S/C16H31BrN4/c1-6-14-16(17)15(20(5)19-14)12-18-13(4)10-9-11-21(7-2)8-3/h13,18H,6-12H2,1-5H3. The van der Waals surface area contributed by atoms with Gasteiger partial charge in [-0.3, -0.25) is 4.68 Å². The van der Waals surface area contributed by atoms with Gasteiger partial charge in [0.2, 0.25) is 0 Å². The van der Waals surface area contributed by atoms with Crippen molar-refractivity contribution >= 4 is 15.9 Å². The third-order valence-electron chi connectivity index (χ3n) is 4.13. The molecule has 4 nitrogen and oxygen atoms in total. The highest BCUT2D eigenvalue weighted by molar-refractivity contribution is 9.10. The van der Waals surface area contributed by atoms with Gasteiger partial charge in [0, 0.05) is 19.6 Å². The average molecular weight is 359 g/mol. The third-order valence-corrected chi connectivity index (χ3v) is 5.04. The van der Waals surface area contributed by atoms with Crippen molar-refractivity contribution in [3.05, 3.63) is 15.9 Å². The first-order valence-electron chi connectivity index (χ1n) is 8.19. The molecule has 0 aliphatic heterocycles. The highest BCUT2D eigenvalue weighted by Crippen LogP contribution is 2.21. The predicted octanol–water partition coefficient (Wildman–Crippen LogP) is 3.35. The molecule has 0 aromatic carbocycles. The second kappa shape index (κ2) is 9.59. The van der Waals surface area contributed by atoms with Crippen molar-refractivity contribution in [1.29, 1.82) is 0 Å². The van der Waals surface area contributed by atoms with Gasteiger partial charge in [0.1, 0.15) is 0 Å². The first kappa shape index (κ1) is 18.7. The van der Waals surface area contributed by atoms with E-state index in [4.69, 9.17) is 0 Å². The van der Waals surface area contributed by atoms with Gasteiger partial charge in [-0.05, 0) is 61.8 Å². The van der Waals surface area contributed by atoms with E-state index in [1.54, 1.807) is 0 Å². The molecule has 0 amide bonds. The van der Waals surface area contributed by atoms with Crippen molar-refractivity contribution in [1.82, 2.24) is 20.0 Å². The number of halogens is 1. The van der Waals surface area contributed by atoms with Crippen molar-refractivity contribution in [2.75, 3.05) is 19.6 Å². The molecule has 5 heteroatoms. The summed E-state index contributed by atoms with van der Waals surface area (Å²) in [5, 5.41) is 8.16. The minimum Gasteiger partial charge on any atom is -0.309 e. The SMILES string of the molecule is CCc1nn(C)c(CNC(C)CCCN(CC)CC)c1Br. The molecule has 1 rings (SSSR count). The van der Waals surface area contributed by atoms with Gasteiger partial charge in [-0.15, -0.1) is 0 Å². The molecular weight excluding hydrogens is 328 g/mol. The lowest BCUT2D eigenvalue weighted by molar-refractivity contribution is 0.290. The topological polar surface area (TPSA) is 33.1 Å². The quantitative estimate of drug-likeness (QED) is 0.696. The summed E-state index contributed by atoms with van der Waals surface area (Å²) in [6, 6.07) is 0.535. The van der Waals surface area contributed by atoms with Gasteiger partial charge in [-0.2, -0.15) is 5.10 Å². The number of aryl methyl sites for hydroxylation is 2. The van der Waals surface area contributed by atoms with E-state index < -0.39 is 0 Å². The molecule has 1 unspecified atom stereocenters. The van der Waals surface area contributed by atoms with Crippen molar-refractivity contribution in [2.24, 2.45) is 7.05 Å². The summed E-state index contributed by atoms with van der Waals surface area (Å²) in [6.45, 7) is 13.3. The van der Waals surface area contributed by atoms with E-state index in [9.17, 15) is 0 Å². The summed E-state index contributed by atoms with van der Waals surface area (Å²) in [6.07, 6.45) is 3.43. The zero-order chi connectivity index (χ0) is 15.8. The lowest BCUT2D eigenvalue weighted by atomic mass is 10.1. The van der Waals surface area contributed by atoms with Crippen LogP contribution in [-0.2, 0) is 20.0 Å². The van der Waals surface area contributed by atoms with Crippen LogP contribution in [0.5, 0.6) is 0 Å². The van der Waals surface area contributed by atoms with E-state index in [1.807, 2.05) is 11.7 Å². The van der Waals surface area contributed by atoms with Crippen LogP contribution >= 0.6 is 15.9 Å². The van der Waals surface area contributed by atoms with Gasteiger partial charge in [0.25, 0.3) is 0 Å². The van der Waals surface area contributed by atoms with Gasteiger partial charge >= 0.3 is 0 Å². The van der Waals surface area contributed by atoms with E-state index >= 15 is 0 Å². The molecule has 1 N–H and O–H groups in total. The van der Waals surface area contributed by atoms with E-state index in [2.05, 4.69) is 58.9 Å². The Labute approximate surface area is 138 Å². The normalized spacial score (nSPS) is 13.1. The number of rotatable bonds is 10. The van der Waals surface area contributed by atoms with Crippen LogP contribution in [0.3, 0.4) is 0 Å². The number of aromatic nitrogens is 2. The van der Waals surface area contributed by atoms with Gasteiger partial charge in [0.15, 0.2) is 0 Å². The van der Waals surface area contributed by atoms with Gasteiger partial charge in [-0.25, -0.2) is 0 Å². The monoisotopic (exact) mass is 358 g/mol. The molecule has 0 aliphatic rings. The van der Waals surface area contributed by atoms with Crippen molar-refractivity contribution in [3.63, 3.8) is 0 Å². The summed E-state index contributed by atoms with van der Waals surface area (Å²) in [7, 11) is 2.02. The maximum absolute atomic E-state index is 4.54. The van der Waals surface area contributed by atoms with E-state index in [1.165, 1.54) is 25.1 Å². The van der Waals surface area contributed by atoms with E-state index in [0.29, 0.717) is 6.04 Å². The molecule has 122 valence electrons. The fourth-order valence-corrected chi connectivity index (χ4v) is 3.30. The Morgan fingerprint density at radius 3 is 2.48 bits per heavy atom. The molecule has 0 aliphatic carbocycles. The predicted molar refractivity (Wildman–Crippen MR) is 93.6 cm³/mol. The zero-order valence-corrected chi connectivity index (χ0v) is 15.8. The zero-order valence-electron chi connectivity index (χ0n) is 14.2. The van der Waals surface area contributed by atoms with Crippen molar-refractivity contribution in [2.45, 2.75) is 59.5 Å². The molecule has 0 saturated carbocycles. The minimum absolute atomic E-state index is 0.535. The fraction of sp³-hybridized carbons (Fsp3) is 0.812. The Bertz CT molecular complexity index is 413. The van der Waals surface area contributed by atoms with Crippen LogP contribution < -0.4 is 5.32 Å². The molecule has 1 aromatic rings. The second-order valence-corrected chi connectivity index (χ2v) is 6.43. The molecule has 1 aromatic heterocycles. The molecular formula is C16H31BrN4. The molecule has 1 heterocycles. The van der Waals surface area contributed by atoms with Crippen molar-refractivity contribution < 1.29 is 0 Å². The van der Waals surface area contributed by atoms with Crippen LogP contribution in [0.25, 0.3) is 0 Å². The number of hydrogen-bond acceptors (Lipinski definition) is 3. The molecule has 21 heavy (non-hydrogen) atoms. The lowest BCUT2D eigenvalue weighted by Gasteiger charge is -2.19. The van der Waals surface area contributed by atoms with Crippen LogP contribution in [0.1, 0.15) is 51.9 Å². The summed E-state index contributed by atoms with van der Waals surface area (Å²) >= 11 is 3.67. The second-order valence-electron chi connectivity index (χ2n) is 5.64. The summed E-state index contributed by atoms with van der Waals surface area (Å²) in [5.41, 5.74) is 2.38. The Morgan fingerprint density at radius 2 is 1.95 bits per heavy atom. The molecule has 0 spiro atoms. The van der Waals surface area contributed by atoms with Gasteiger partial charge < -0.3 is 10.2 Å². The average Bonchev–Trinajstić information content (AvgIpc) is 2.75. The minimum atomic E-state index is 0.535. The third kappa shape index (κ3) is 5.72. The Kier molecular flexibility index (Phi) is 8.52. The van der Waals surface area contributed by atoms with Crippen LogP contribution in [0, 0.1) is 0 Å². The first-order valence-corrected chi connectivity index (χ1v) is 8.98. The smallest absolute Gasteiger partial charge is 0.0767 e. The maximum Gasteiger partial charge on any atom is 0.0767 e. The van der Waals surface area contributed by atoms with Gasteiger partial charge in [0.05, 0.1) is 15.9 Å². The van der Waals surface area contributed by atoms with E-state index in [0.717, 1.165) is 36.2 Å². The maximum atomic E-state index is 4.54. The van der Waals surface area contributed by atoms with Gasteiger partial charge in [-0.1, -0.05) is 20.8 Å². The molecule has 0 fully saturated rings. The molecule has 0 saturated heterocycles. The van der Waals surface area contributed by atoms with Crippen LogP contribution in [0.4, 0.5) is 0 Å². The molecule has 0 radical (unpaired) electrons. The number of hydrogen-bond donors (Lipinski definition) is 1. The summed E-state index contributed by atoms with van der Waals surface area (Å²) < 4.78 is 3.15. The van der Waals surface area contributed by atoms with Crippen LogP contribution in [0.2, 0.25) is 0 Å². The molecule has 1 atom stereocenters. The van der Waals surface area contributed by atoms with E-state index in [-0.39, 0.29) is 0 Å². The highest BCUT2D eigenvalue weighted by Gasteiger charge is 2.13. The van der Waals surface area contributed by atoms with Crippen LogP contribution in [0.15, 0.2) is 4.47 Å². The number of nitrogens with zero attached hydrogens (tertiary/aromatic N) is 3. The molecule has 0 bridgehead atoms. The largest absolute Gasteiger partial charge is 0.309 e. The highest BCUT2D eigenvalue weighted by atomic mass is 79.9. The fourth-order valence-electron chi connectivity index (χ4n) is 2.55. The Hall–Kier alpha value is -0.390.